The Hall–Kier alpha value is -3.32. The Morgan fingerprint density at radius 2 is 1.50 bits per heavy atom. The second kappa shape index (κ2) is 10.7. The summed E-state index contributed by atoms with van der Waals surface area (Å²) in [5, 5.41) is 3.94. The van der Waals surface area contributed by atoms with Gasteiger partial charge >= 0.3 is 0 Å². The van der Waals surface area contributed by atoms with Crippen molar-refractivity contribution in [1.29, 1.82) is 0 Å². The Kier molecular flexibility index (Phi) is 7.69. The predicted molar refractivity (Wildman–Crippen MR) is 147 cm³/mol. The number of benzene rings is 4. The molecule has 1 N–H and O–H groups in total. The van der Waals surface area contributed by atoms with Crippen LogP contribution in [-0.2, 0) is 16.6 Å². The number of hydrogen-bond donors (Lipinski definition) is 1. The molecule has 0 saturated heterocycles. The smallest absolute Gasteiger partial charge is 0.264 e. The predicted octanol–water partition coefficient (Wildman–Crippen LogP) is 7.26. The summed E-state index contributed by atoms with van der Waals surface area (Å²) in [6, 6.07) is 25.4. The van der Waals surface area contributed by atoms with Crippen molar-refractivity contribution in [2.24, 2.45) is 0 Å². The summed E-state index contributed by atoms with van der Waals surface area (Å²) in [6.07, 6.45) is 0. The lowest BCUT2D eigenvalue weighted by molar-refractivity contribution is 0.102. The normalized spacial score (nSPS) is 11.2. The van der Waals surface area contributed by atoms with Crippen LogP contribution in [0.3, 0.4) is 0 Å². The fourth-order valence-corrected chi connectivity index (χ4v) is 5.48. The van der Waals surface area contributed by atoms with E-state index in [-0.39, 0.29) is 22.7 Å². The number of hydrogen-bond acceptors (Lipinski definition) is 3. The van der Waals surface area contributed by atoms with Crippen molar-refractivity contribution in [3.05, 3.63) is 123 Å². The van der Waals surface area contributed by atoms with Gasteiger partial charge in [0.1, 0.15) is 0 Å². The van der Waals surface area contributed by atoms with E-state index in [1.165, 1.54) is 4.31 Å². The van der Waals surface area contributed by atoms with Gasteiger partial charge in [-0.1, -0.05) is 71.2 Å². The SMILES string of the molecule is Cc1ccc(S(=O)(=O)N(Cc2ccc(Cl)cc2)c2ccccc2C(=O)Nc2cccc(Cl)c2C)cc1. The number of halogens is 2. The van der Waals surface area contributed by atoms with E-state index in [2.05, 4.69) is 5.32 Å². The highest BCUT2D eigenvalue weighted by Gasteiger charge is 2.29. The molecule has 0 atom stereocenters. The van der Waals surface area contributed by atoms with Crippen molar-refractivity contribution >= 4 is 50.5 Å². The van der Waals surface area contributed by atoms with Crippen LogP contribution in [0.1, 0.15) is 27.0 Å². The van der Waals surface area contributed by atoms with E-state index < -0.39 is 15.9 Å². The molecule has 36 heavy (non-hydrogen) atoms. The van der Waals surface area contributed by atoms with E-state index >= 15 is 0 Å². The number of rotatable bonds is 7. The molecule has 0 bridgehead atoms. The molecule has 1 amide bonds. The molecule has 0 radical (unpaired) electrons. The number of para-hydroxylation sites is 1. The molecule has 0 aliphatic rings. The molecular weight excluding hydrogens is 515 g/mol. The van der Waals surface area contributed by atoms with Crippen LogP contribution in [0.2, 0.25) is 10.0 Å². The summed E-state index contributed by atoms with van der Waals surface area (Å²) in [6.45, 7) is 3.70. The van der Waals surface area contributed by atoms with Crippen LogP contribution in [0.25, 0.3) is 0 Å². The molecule has 4 aromatic rings. The van der Waals surface area contributed by atoms with Crippen LogP contribution >= 0.6 is 23.2 Å². The lowest BCUT2D eigenvalue weighted by atomic mass is 10.1. The van der Waals surface area contributed by atoms with Gasteiger partial charge in [0.15, 0.2) is 0 Å². The first-order chi connectivity index (χ1) is 17.2. The maximum atomic E-state index is 13.9. The van der Waals surface area contributed by atoms with Crippen LogP contribution in [-0.4, -0.2) is 14.3 Å². The zero-order valence-electron chi connectivity index (χ0n) is 19.7. The second-order valence-electron chi connectivity index (χ2n) is 8.33. The van der Waals surface area contributed by atoms with Crippen molar-refractivity contribution in [3.8, 4) is 0 Å². The topological polar surface area (TPSA) is 66.5 Å². The standard InChI is InChI=1S/C28H24Cl2N2O3S/c1-19-10-16-23(17-11-19)36(34,35)32(18-21-12-14-22(29)15-13-21)27-9-4-3-6-24(27)28(33)31-26-8-5-7-25(30)20(26)2/h3-17H,18H2,1-2H3,(H,31,33). The third-order valence-electron chi connectivity index (χ3n) is 5.78. The highest BCUT2D eigenvalue weighted by Crippen LogP contribution is 2.31. The first kappa shape index (κ1) is 25.8. The van der Waals surface area contributed by atoms with Gasteiger partial charge in [0, 0.05) is 15.7 Å². The molecule has 0 heterocycles. The summed E-state index contributed by atoms with van der Waals surface area (Å²) in [5.41, 5.74) is 3.39. The van der Waals surface area contributed by atoms with Gasteiger partial charge in [0.2, 0.25) is 0 Å². The molecule has 0 unspecified atom stereocenters. The zero-order chi connectivity index (χ0) is 25.9. The van der Waals surface area contributed by atoms with Crippen LogP contribution in [0.5, 0.6) is 0 Å². The lowest BCUT2D eigenvalue weighted by Crippen LogP contribution is -2.32. The van der Waals surface area contributed by atoms with E-state index in [4.69, 9.17) is 23.2 Å². The third kappa shape index (κ3) is 5.57. The molecule has 4 aromatic carbocycles. The maximum absolute atomic E-state index is 13.9. The van der Waals surface area contributed by atoms with Crippen LogP contribution in [0, 0.1) is 13.8 Å². The van der Waals surface area contributed by atoms with Crippen molar-refractivity contribution < 1.29 is 13.2 Å². The van der Waals surface area contributed by atoms with E-state index in [1.807, 2.05) is 6.92 Å². The molecule has 4 rings (SSSR count). The number of aryl methyl sites for hydroxylation is 1. The first-order valence-electron chi connectivity index (χ1n) is 11.2. The Morgan fingerprint density at radius 3 is 2.19 bits per heavy atom. The average Bonchev–Trinajstić information content (AvgIpc) is 2.86. The molecular formula is C28H24Cl2N2O3S. The van der Waals surface area contributed by atoms with E-state index in [0.717, 1.165) is 16.7 Å². The minimum atomic E-state index is -4.02. The van der Waals surface area contributed by atoms with Gasteiger partial charge in [-0.15, -0.1) is 0 Å². The minimum Gasteiger partial charge on any atom is -0.322 e. The van der Waals surface area contributed by atoms with Gasteiger partial charge in [-0.3, -0.25) is 9.10 Å². The lowest BCUT2D eigenvalue weighted by Gasteiger charge is -2.27. The van der Waals surface area contributed by atoms with Crippen molar-refractivity contribution in [3.63, 3.8) is 0 Å². The van der Waals surface area contributed by atoms with Crippen LogP contribution in [0.15, 0.2) is 95.9 Å². The first-order valence-corrected chi connectivity index (χ1v) is 13.4. The summed E-state index contributed by atoms with van der Waals surface area (Å²) in [7, 11) is -4.02. The van der Waals surface area contributed by atoms with Gasteiger partial charge < -0.3 is 5.32 Å². The van der Waals surface area contributed by atoms with Gasteiger partial charge in [0.25, 0.3) is 15.9 Å². The van der Waals surface area contributed by atoms with Crippen LogP contribution in [0.4, 0.5) is 11.4 Å². The summed E-state index contributed by atoms with van der Waals surface area (Å²) in [4.78, 5) is 13.5. The minimum absolute atomic E-state index is 0.00780. The monoisotopic (exact) mass is 538 g/mol. The zero-order valence-corrected chi connectivity index (χ0v) is 22.0. The van der Waals surface area contributed by atoms with Crippen molar-refractivity contribution in [2.75, 3.05) is 9.62 Å². The number of carbonyl (C=O) groups excluding carboxylic acids is 1. The van der Waals surface area contributed by atoms with E-state index in [1.54, 1.807) is 97.9 Å². The van der Waals surface area contributed by atoms with Crippen molar-refractivity contribution in [2.45, 2.75) is 25.3 Å². The van der Waals surface area contributed by atoms with E-state index in [9.17, 15) is 13.2 Å². The molecule has 0 fully saturated rings. The fourth-order valence-electron chi connectivity index (χ4n) is 3.71. The quantitative estimate of drug-likeness (QED) is 0.269. The average molecular weight is 539 g/mol. The molecule has 0 aliphatic heterocycles. The molecule has 5 nitrogen and oxygen atoms in total. The highest BCUT2D eigenvalue weighted by molar-refractivity contribution is 7.92. The number of nitrogens with zero attached hydrogens (tertiary/aromatic N) is 1. The number of amides is 1. The summed E-state index contributed by atoms with van der Waals surface area (Å²) < 4.78 is 29.0. The molecule has 184 valence electrons. The Balaban J connectivity index is 1.80. The maximum Gasteiger partial charge on any atom is 0.264 e. The Bertz CT molecular complexity index is 1500. The van der Waals surface area contributed by atoms with Crippen molar-refractivity contribution in [1.82, 2.24) is 0 Å². The van der Waals surface area contributed by atoms with E-state index in [0.29, 0.717) is 15.7 Å². The van der Waals surface area contributed by atoms with Crippen LogP contribution < -0.4 is 9.62 Å². The number of carbonyl (C=O) groups is 1. The largest absolute Gasteiger partial charge is 0.322 e. The van der Waals surface area contributed by atoms with Gasteiger partial charge in [-0.05, 0) is 73.5 Å². The van der Waals surface area contributed by atoms with Gasteiger partial charge in [-0.2, -0.15) is 0 Å². The highest BCUT2D eigenvalue weighted by atomic mass is 35.5. The molecule has 0 aromatic heterocycles. The van der Waals surface area contributed by atoms with Gasteiger partial charge in [-0.25, -0.2) is 8.42 Å². The fraction of sp³-hybridized carbons (Fsp3) is 0.107. The third-order valence-corrected chi connectivity index (χ3v) is 8.22. The number of anilines is 2. The molecule has 0 aliphatic carbocycles. The molecule has 8 heteroatoms. The summed E-state index contributed by atoms with van der Waals surface area (Å²) in [5.74, 6) is -0.448. The molecule has 0 saturated carbocycles. The Labute approximate surface area is 221 Å². The Morgan fingerprint density at radius 1 is 0.833 bits per heavy atom. The summed E-state index contributed by atoms with van der Waals surface area (Å²) >= 11 is 12.3. The molecule has 0 spiro atoms. The van der Waals surface area contributed by atoms with Gasteiger partial charge in [0.05, 0.1) is 22.7 Å². The number of sulfonamides is 1. The second-order valence-corrected chi connectivity index (χ2v) is 11.0. The number of nitrogens with one attached hydrogen (secondary N) is 1.